The van der Waals surface area contributed by atoms with Gasteiger partial charge in [0.05, 0.1) is 13.7 Å². The van der Waals surface area contributed by atoms with Crippen molar-refractivity contribution in [3.05, 3.63) is 71.3 Å². The Kier molecular flexibility index (Phi) is 6.08. The van der Waals surface area contributed by atoms with E-state index < -0.39 is 0 Å². The molecule has 4 heteroatoms. The summed E-state index contributed by atoms with van der Waals surface area (Å²) in [6.45, 7) is 4.69. The van der Waals surface area contributed by atoms with E-state index in [2.05, 4.69) is 29.2 Å². The molecule has 0 bridgehead atoms. The van der Waals surface area contributed by atoms with Crippen molar-refractivity contribution in [3.63, 3.8) is 0 Å². The van der Waals surface area contributed by atoms with Crippen molar-refractivity contribution >= 4 is 11.5 Å². The third-order valence-corrected chi connectivity index (χ3v) is 4.63. The highest BCUT2D eigenvalue weighted by Gasteiger charge is 2.25. The predicted octanol–water partition coefficient (Wildman–Crippen LogP) is 3.92. The topological polar surface area (TPSA) is 38.8 Å². The fourth-order valence-corrected chi connectivity index (χ4v) is 3.30. The maximum Gasteiger partial charge on any atom is 0.334 e. The lowest BCUT2D eigenvalue weighted by Crippen LogP contribution is -2.33. The first-order valence-corrected chi connectivity index (χ1v) is 9.01. The minimum Gasteiger partial charge on any atom is -0.497 e. The van der Waals surface area contributed by atoms with Gasteiger partial charge in [0.2, 0.25) is 0 Å². The first kappa shape index (κ1) is 18.2. The first-order chi connectivity index (χ1) is 12.7. The van der Waals surface area contributed by atoms with Gasteiger partial charge in [-0.25, -0.2) is 4.79 Å². The summed E-state index contributed by atoms with van der Waals surface area (Å²) in [6, 6.07) is 18.3. The number of benzene rings is 2. The van der Waals surface area contributed by atoms with Gasteiger partial charge in [0.1, 0.15) is 5.75 Å². The average Bonchev–Trinajstić information content (AvgIpc) is 2.69. The molecule has 0 amide bonds. The fourth-order valence-electron chi connectivity index (χ4n) is 3.30. The number of ether oxygens (including phenoxy) is 2. The van der Waals surface area contributed by atoms with Gasteiger partial charge in [-0.2, -0.15) is 0 Å². The molecule has 0 atom stereocenters. The third-order valence-electron chi connectivity index (χ3n) is 4.63. The van der Waals surface area contributed by atoms with Crippen molar-refractivity contribution in [1.82, 2.24) is 4.90 Å². The predicted molar refractivity (Wildman–Crippen MR) is 103 cm³/mol. The molecule has 1 aliphatic rings. The number of nitrogens with zero attached hydrogens (tertiary/aromatic N) is 1. The number of rotatable bonds is 6. The highest BCUT2D eigenvalue weighted by molar-refractivity contribution is 5.98. The van der Waals surface area contributed by atoms with Gasteiger partial charge >= 0.3 is 5.97 Å². The lowest BCUT2D eigenvalue weighted by atomic mass is 9.93. The van der Waals surface area contributed by atoms with Crippen molar-refractivity contribution in [2.75, 3.05) is 26.8 Å². The van der Waals surface area contributed by atoms with Gasteiger partial charge in [0, 0.05) is 25.2 Å². The summed E-state index contributed by atoms with van der Waals surface area (Å²) in [4.78, 5) is 14.8. The molecule has 0 aromatic heterocycles. The van der Waals surface area contributed by atoms with E-state index in [1.165, 1.54) is 5.56 Å². The Balaban J connectivity index is 1.87. The zero-order chi connectivity index (χ0) is 18.4. The van der Waals surface area contributed by atoms with Gasteiger partial charge in [0.25, 0.3) is 0 Å². The molecule has 0 saturated heterocycles. The molecule has 1 heterocycles. The molecule has 3 rings (SSSR count). The summed E-state index contributed by atoms with van der Waals surface area (Å²) in [5.74, 6) is 0.613. The summed E-state index contributed by atoms with van der Waals surface area (Å²) in [6.07, 6.45) is 0.701. The van der Waals surface area contributed by atoms with Crippen molar-refractivity contribution in [1.29, 1.82) is 0 Å². The van der Waals surface area contributed by atoms with Crippen LogP contribution in [-0.4, -0.2) is 37.7 Å². The second-order valence-corrected chi connectivity index (χ2v) is 6.35. The molecule has 0 N–H and O–H groups in total. The Bertz CT molecular complexity index is 766. The largest absolute Gasteiger partial charge is 0.497 e. The number of hydrogen-bond acceptors (Lipinski definition) is 4. The fraction of sp³-hybridized carbons (Fsp3) is 0.318. The minimum absolute atomic E-state index is 0.197. The molecule has 2 aromatic rings. The molecule has 0 unspecified atom stereocenters. The average molecular weight is 351 g/mol. The normalized spacial score (nSPS) is 15.0. The molecule has 2 aromatic carbocycles. The van der Waals surface area contributed by atoms with E-state index in [9.17, 15) is 4.79 Å². The molecule has 4 nitrogen and oxygen atoms in total. The summed E-state index contributed by atoms with van der Waals surface area (Å²) in [5, 5.41) is 0. The van der Waals surface area contributed by atoms with Gasteiger partial charge in [-0.15, -0.1) is 0 Å². The van der Waals surface area contributed by atoms with Gasteiger partial charge < -0.3 is 9.47 Å². The Labute approximate surface area is 155 Å². The highest BCUT2D eigenvalue weighted by Crippen LogP contribution is 2.29. The van der Waals surface area contributed by atoms with Gasteiger partial charge in [-0.05, 0) is 42.2 Å². The second-order valence-electron chi connectivity index (χ2n) is 6.35. The summed E-state index contributed by atoms with van der Waals surface area (Å²) in [7, 11) is 1.65. The lowest BCUT2D eigenvalue weighted by molar-refractivity contribution is -0.138. The van der Waals surface area contributed by atoms with Crippen molar-refractivity contribution in [2.45, 2.75) is 19.9 Å². The smallest absolute Gasteiger partial charge is 0.334 e. The SMILES string of the molecule is CCOC(=O)C1=C(c2ccc(OC)cc2)CN(Cc2ccccc2)CC1. The van der Waals surface area contributed by atoms with Gasteiger partial charge in [-0.1, -0.05) is 42.5 Å². The quantitative estimate of drug-likeness (QED) is 0.740. The maximum atomic E-state index is 12.4. The van der Waals surface area contributed by atoms with E-state index >= 15 is 0 Å². The van der Waals surface area contributed by atoms with Crippen LogP contribution in [0.2, 0.25) is 0 Å². The second kappa shape index (κ2) is 8.68. The van der Waals surface area contributed by atoms with Crippen LogP contribution in [0.25, 0.3) is 5.57 Å². The molecule has 0 spiro atoms. The number of esters is 1. The van der Waals surface area contributed by atoms with Crippen molar-refractivity contribution in [3.8, 4) is 5.75 Å². The Morgan fingerprint density at radius 1 is 1.08 bits per heavy atom. The zero-order valence-electron chi connectivity index (χ0n) is 15.4. The minimum atomic E-state index is -0.197. The van der Waals surface area contributed by atoms with Crippen LogP contribution in [0.3, 0.4) is 0 Å². The van der Waals surface area contributed by atoms with Crippen LogP contribution < -0.4 is 4.74 Å². The summed E-state index contributed by atoms with van der Waals surface area (Å²) in [5.41, 5.74) is 4.17. The van der Waals surface area contributed by atoms with E-state index in [0.717, 1.165) is 42.1 Å². The molecular formula is C22H25NO3. The van der Waals surface area contributed by atoms with Crippen LogP contribution in [0.15, 0.2) is 60.2 Å². The van der Waals surface area contributed by atoms with Crippen LogP contribution in [-0.2, 0) is 16.1 Å². The van der Waals surface area contributed by atoms with Crippen LogP contribution in [0.1, 0.15) is 24.5 Å². The van der Waals surface area contributed by atoms with E-state index in [1.54, 1.807) is 7.11 Å². The third kappa shape index (κ3) is 4.33. The Hall–Kier alpha value is -2.59. The zero-order valence-corrected chi connectivity index (χ0v) is 15.4. The maximum absolute atomic E-state index is 12.4. The summed E-state index contributed by atoms with van der Waals surface area (Å²) < 4.78 is 10.5. The Morgan fingerprint density at radius 2 is 1.81 bits per heavy atom. The van der Waals surface area contributed by atoms with Crippen LogP contribution in [0.5, 0.6) is 5.75 Å². The molecular weight excluding hydrogens is 326 g/mol. The van der Waals surface area contributed by atoms with Crippen molar-refractivity contribution in [2.24, 2.45) is 0 Å². The van der Waals surface area contributed by atoms with Gasteiger partial charge in [0.15, 0.2) is 0 Å². The monoisotopic (exact) mass is 351 g/mol. The van der Waals surface area contributed by atoms with Crippen LogP contribution in [0, 0.1) is 0 Å². The molecule has 0 radical (unpaired) electrons. The van der Waals surface area contributed by atoms with Crippen molar-refractivity contribution < 1.29 is 14.3 Å². The van der Waals surface area contributed by atoms with E-state index in [-0.39, 0.29) is 5.97 Å². The number of carbonyl (C=O) groups is 1. The summed E-state index contributed by atoms with van der Waals surface area (Å²) >= 11 is 0. The molecule has 1 aliphatic heterocycles. The number of hydrogen-bond donors (Lipinski definition) is 0. The van der Waals surface area contributed by atoms with Crippen LogP contribution >= 0.6 is 0 Å². The lowest BCUT2D eigenvalue weighted by Gasteiger charge is -2.30. The first-order valence-electron chi connectivity index (χ1n) is 9.01. The Morgan fingerprint density at radius 3 is 2.46 bits per heavy atom. The molecule has 0 aliphatic carbocycles. The van der Waals surface area contributed by atoms with Crippen LogP contribution in [0.4, 0.5) is 0 Å². The van der Waals surface area contributed by atoms with E-state index in [1.807, 2.05) is 37.3 Å². The molecule has 0 saturated carbocycles. The van der Waals surface area contributed by atoms with E-state index in [0.29, 0.717) is 13.0 Å². The molecule has 26 heavy (non-hydrogen) atoms. The highest BCUT2D eigenvalue weighted by atomic mass is 16.5. The molecule has 136 valence electrons. The standard InChI is InChI=1S/C22H25NO3/c1-3-26-22(24)20-13-14-23(15-17-7-5-4-6-8-17)16-21(20)18-9-11-19(25-2)12-10-18/h4-12H,3,13-16H2,1-2H3. The number of methoxy groups -OCH3 is 1. The molecule has 0 fully saturated rings. The number of carbonyl (C=O) groups excluding carboxylic acids is 1. The van der Waals surface area contributed by atoms with E-state index in [4.69, 9.17) is 9.47 Å². The van der Waals surface area contributed by atoms with Gasteiger partial charge in [-0.3, -0.25) is 4.90 Å².